The lowest BCUT2D eigenvalue weighted by Crippen LogP contribution is -2.49. The summed E-state index contributed by atoms with van der Waals surface area (Å²) in [5.74, 6) is 0.200. The Kier molecular flexibility index (Phi) is 4.66. The highest BCUT2D eigenvalue weighted by molar-refractivity contribution is 6.29. The van der Waals surface area contributed by atoms with E-state index in [4.69, 9.17) is 32.2 Å². The molecule has 0 atom stereocenters. The van der Waals surface area contributed by atoms with Gasteiger partial charge in [0, 0.05) is 0 Å². The fourth-order valence-electron chi connectivity index (χ4n) is 1.17. The highest BCUT2D eigenvalue weighted by atomic mass is 35.5. The Morgan fingerprint density at radius 3 is 2.35 bits per heavy atom. The lowest BCUT2D eigenvalue weighted by atomic mass is 10.0. The second-order valence-corrected chi connectivity index (χ2v) is 3.94. The molecule has 0 unspecified atom stereocenters. The quantitative estimate of drug-likeness (QED) is 0.541. The zero-order valence-electron chi connectivity index (χ0n) is 8.89. The lowest BCUT2D eigenvalue weighted by molar-refractivity contribution is 0.0831. The van der Waals surface area contributed by atoms with Crippen molar-refractivity contribution in [3.8, 4) is 6.07 Å². The van der Waals surface area contributed by atoms with Gasteiger partial charge in [0.05, 0.1) is 31.5 Å². The van der Waals surface area contributed by atoms with Crippen LogP contribution in [0.5, 0.6) is 0 Å². The molecule has 4 N–H and O–H groups in total. The number of halogens is 1. The molecule has 1 rings (SSSR count). The lowest BCUT2D eigenvalue weighted by Gasteiger charge is -2.29. The van der Waals surface area contributed by atoms with Gasteiger partial charge in [0.25, 0.3) is 0 Å². The van der Waals surface area contributed by atoms with E-state index in [0.717, 1.165) is 0 Å². The number of pyridine rings is 1. The summed E-state index contributed by atoms with van der Waals surface area (Å²) in [5, 5.41) is 38.9. The maximum Gasteiger partial charge on any atom is 0.132 e. The summed E-state index contributed by atoms with van der Waals surface area (Å²) in [4.78, 5) is 3.88. The second-order valence-electron chi connectivity index (χ2n) is 3.56. The average molecular weight is 258 g/mol. The SMILES string of the molecule is N#Cc1cc(Cl)nc(NC(CO)(CO)CO)c1. The van der Waals surface area contributed by atoms with Crippen molar-refractivity contribution in [3.05, 3.63) is 22.8 Å². The molecule has 0 aliphatic carbocycles. The van der Waals surface area contributed by atoms with Crippen LogP contribution >= 0.6 is 11.6 Å². The van der Waals surface area contributed by atoms with E-state index in [-0.39, 0.29) is 16.5 Å². The Hall–Kier alpha value is -1.39. The first-order valence-electron chi connectivity index (χ1n) is 4.77. The third-order valence-corrected chi connectivity index (χ3v) is 2.42. The number of nitrogens with zero attached hydrogens (tertiary/aromatic N) is 2. The van der Waals surface area contributed by atoms with Gasteiger partial charge in [-0.1, -0.05) is 11.6 Å². The summed E-state index contributed by atoms with van der Waals surface area (Å²) in [6.07, 6.45) is 0. The van der Waals surface area contributed by atoms with E-state index < -0.39 is 25.4 Å². The Bertz CT molecular complexity index is 421. The molecule has 0 bridgehead atoms. The maximum atomic E-state index is 9.13. The predicted octanol–water partition coefficient (Wildman–Crippen LogP) is -0.266. The minimum absolute atomic E-state index is 0.106. The van der Waals surface area contributed by atoms with Crippen molar-refractivity contribution in [2.75, 3.05) is 25.1 Å². The highest BCUT2D eigenvalue weighted by Gasteiger charge is 2.28. The van der Waals surface area contributed by atoms with E-state index in [9.17, 15) is 0 Å². The summed E-state index contributed by atoms with van der Waals surface area (Å²) >= 11 is 5.70. The molecule has 0 aliphatic rings. The molecule has 0 amide bonds. The Morgan fingerprint density at radius 2 is 1.88 bits per heavy atom. The molecule has 0 saturated heterocycles. The summed E-state index contributed by atoms with van der Waals surface area (Å²) in [5.41, 5.74) is -1.01. The minimum atomic E-state index is -1.30. The van der Waals surface area contributed by atoms with Crippen LogP contribution in [0.1, 0.15) is 5.56 Å². The summed E-state index contributed by atoms with van der Waals surface area (Å²) < 4.78 is 0. The smallest absolute Gasteiger partial charge is 0.132 e. The Balaban J connectivity index is 3.02. The molecular formula is C10H12ClN3O3. The van der Waals surface area contributed by atoms with E-state index in [2.05, 4.69) is 10.3 Å². The van der Waals surface area contributed by atoms with Crippen LogP contribution < -0.4 is 5.32 Å². The van der Waals surface area contributed by atoms with Crippen LogP contribution in [-0.2, 0) is 0 Å². The molecule has 0 fully saturated rings. The fraction of sp³-hybridized carbons (Fsp3) is 0.400. The van der Waals surface area contributed by atoms with Crippen LogP contribution in [0.15, 0.2) is 12.1 Å². The van der Waals surface area contributed by atoms with Crippen molar-refractivity contribution in [2.45, 2.75) is 5.54 Å². The largest absolute Gasteiger partial charge is 0.394 e. The zero-order chi connectivity index (χ0) is 12.9. The van der Waals surface area contributed by atoms with Crippen LogP contribution in [0.2, 0.25) is 5.15 Å². The summed E-state index contributed by atoms with van der Waals surface area (Å²) in [6.45, 7) is -1.47. The van der Waals surface area contributed by atoms with Crippen LogP contribution in [0, 0.1) is 11.3 Å². The van der Waals surface area contributed by atoms with Gasteiger partial charge in [0.1, 0.15) is 16.5 Å². The molecule has 1 aromatic rings. The van der Waals surface area contributed by atoms with E-state index in [0.29, 0.717) is 0 Å². The molecule has 1 aromatic heterocycles. The first kappa shape index (κ1) is 13.7. The second kappa shape index (κ2) is 5.80. The van der Waals surface area contributed by atoms with E-state index in [1.54, 1.807) is 0 Å². The Labute approximate surface area is 103 Å². The van der Waals surface area contributed by atoms with Gasteiger partial charge in [-0.3, -0.25) is 0 Å². The zero-order valence-corrected chi connectivity index (χ0v) is 9.65. The molecule has 92 valence electrons. The van der Waals surface area contributed by atoms with Crippen molar-refractivity contribution in [1.82, 2.24) is 4.98 Å². The van der Waals surface area contributed by atoms with Gasteiger partial charge >= 0.3 is 0 Å². The first-order valence-corrected chi connectivity index (χ1v) is 5.15. The molecule has 1 heterocycles. The fourth-order valence-corrected chi connectivity index (χ4v) is 1.37. The van der Waals surface area contributed by atoms with Gasteiger partial charge < -0.3 is 20.6 Å². The molecule has 7 heteroatoms. The van der Waals surface area contributed by atoms with Crippen molar-refractivity contribution in [3.63, 3.8) is 0 Å². The molecule has 6 nitrogen and oxygen atoms in total. The number of anilines is 1. The standard InChI is InChI=1S/C10H12ClN3O3/c11-8-1-7(3-12)2-9(13-8)14-10(4-15,5-16)6-17/h1-2,15-17H,4-6H2,(H,13,14). The Morgan fingerprint density at radius 1 is 1.29 bits per heavy atom. The number of nitriles is 1. The van der Waals surface area contributed by atoms with Crippen molar-refractivity contribution in [1.29, 1.82) is 5.26 Å². The number of aromatic nitrogens is 1. The number of aliphatic hydroxyl groups excluding tert-OH is 3. The van der Waals surface area contributed by atoms with Crippen LogP contribution in [0.3, 0.4) is 0 Å². The van der Waals surface area contributed by atoms with Crippen molar-refractivity contribution < 1.29 is 15.3 Å². The first-order chi connectivity index (χ1) is 8.09. The predicted molar refractivity (Wildman–Crippen MR) is 61.6 cm³/mol. The third-order valence-electron chi connectivity index (χ3n) is 2.22. The number of rotatable bonds is 5. The molecule has 0 aliphatic heterocycles. The van der Waals surface area contributed by atoms with E-state index in [1.807, 2.05) is 6.07 Å². The monoisotopic (exact) mass is 257 g/mol. The third kappa shape index (κ3) is 3.28. The molecule has 0 spiro atoms. The number of hydrogen-bond acceptors (Lipinski definition) is 6. The van der Waals surface area contributed by atoms with E-state index >= 15 is 0 Å². The summed E-state index contributed by atoms with van der Waals surface area (Å²) in [6, 6.07) is 4.68. The average Bonchev–Trinajstić information content (AvgIpc) is 2.35. The van der Waals surface area contributed by atoms with Crippen LogP contribution in [0.4, 0.5) is 5.82 Å². The van der Waals surface area contributed by atoms with Gasteiger partial charge in [0.2, 0.25) is 0 Å². The molecule has 0 radical (unpaired) electrons. The maximum absolute atomic E-state index is 9.13. The van der Waals surface area contributed by atoms with Gasteiger partial charge in [-0.2, -0.15) is 5.26 Å². The molecule has 17 heavy (non-hydrogen) atoms. The van der Waals surface area contributed by atoms with Gasteiger partial charge in [0.15, 0.2) is 0 Å². The molecule has 0 aromatic carbocycles. The molecular weight excluding hydrogens is 246 g/mol. The minimum Gasteiger partial charge on any atom is -0.394 e. The topological polar surface area (TPSA) is 109 Å². The van der Waals surface area contributed by atoms with Gasteiger partial charge in [-0.15, -0.1) is 0 Å². The van der Waals surface area contributed by atoms with Gasteiger partial charge in [-0.05, 0) is 12.1 Å². The molecule has 0 saturated carbocycles. The number of hydrogen-bond donors (Lipinski definition) is 4. The number of aliphatic hydroxyl groups is 3. The highest BCUT2D eigenvalue weighted by Crippen LogP contribution is 2.17. The van der Waals surface area contributed by atoms with Crippen molar-refractivity contribution >= 4 is 17.4 Å². The normalized spacial score (nSPS) is 11.0. The van der Waals surface area contributed by atoms with Crippen molar-refractivity contribution in [2.24, 2.45) is 0 Å². The van der Waals surface area contributed by atoms with Gasteiger partial charge in [-0.25, -0.2) is 4.98 Å². The van der Waals surface area contributed by atoms with Crippen LogP contribution in [0.25, 0.3) is 0 Å². The number of nitrogens with one attached hydrogen (secondary N) is 1. The van der Waals surface area contributed by atoms with E-state index in [1.165, 1.54) is 12.1 Å². The van der Waals surface area contributed by atoms with Crippen LogP contribution in [-0.4, -0.2) is 45.7 Å². The summed E-state index contributed by atoms with van der Waals surface area (Å²) in [7, 11) is 0.